The molecule has 152 valence electrons. The summed E-state index contributed by atoms with van der Waals surface area (Å²) in [6, 6.07) is 32.1. The lowest BCUT2D eigenvalue weighted by molar-refractivity contribution is 0.113. The number of piperazine rings is 1. The third-order valence-electron chi connectivity index (χ3n) is 5.33. The maximum Gasteiger partial charge on any atom is 0.0612 e. The van der Waals surface area contributed by atoms with E-state index in [1.807, 2.05) is 24.4 Å². The fraction of sp³-hybridized carbons (Fsp3) is 0.192. The normalized spacial score (nSPS) is 15.8. The van der Waals surface area contributed by atoms with E-state index in [1.165, 1.54) is 11.1 Å². The van der Waals surface area contributed by atoms with Crippen molar-refractivity contribution >= 4 is 28.2 Å². The first-order valence-electron chi connectivity index (χ1n) is 10.3. The quantitative estimate of drug-likeness (QED) is 0.432. The number of hydrazone groups is 1. The van der Waals surface area contributed by atoms with Crippen molar-refractivity contribution in [3.05, 3.63) is 112 Å². The van der Waals surface area contributed by atoms with E-state index >= 15 is 0 Å². The van der Waals surface area contributed by atoms with E-state index in [0.29, 0.717) is 0 Å². The molecule has 0 amide bonds. The van der Waals surface area contributed by atoms with Gasteiger partial charge in [-0.3, -0.25) is 9.91 Å². The Morgan fingerprint density at radius 1 is 0.733 bits per heavy atom. The zero-order chi connectivity index (χ0) is 20.6. The Balaban J connectivity index is 1.42. The molecule has 0 bridgehead atoms. The summed E-state index contributed by atoms with van der Waals surface area (Å²) in [5.74, 6) is 0. The van der Waals surface area contributed by atoms with Gasteiger partial charge >= 0.3 is 0 Å². The van der Waals surface area contributed by atoms with E-state index in [0.717, 1.165) is 36.2 Å². The Morgan fingerprint density at radius 2 is 1.23 bits per heavy atom. The topological polar surface area (TPSA) is 18.8 Å². The molecule has 3 aromatic carbocycles. The second-order valence-electron chi connectivity index (χ2n) is 7.40. The first-order chi connectivity index (χ1) is 14.8. The van der Waals surface area contributed by atoms with E-state index in [9.17, 15) is 0 Å². The predicted molar refractivity (Wildman–Crippen MR) is 130 cm³/mol. The lowest BCUT2D eigenvalue weighted by Gasteiger charge is -2.38. The number of halogens is 1. The van der Waals surface area contributed by atoms with Gasteiger partial charge in [-0.05, 0) is 38.7 Å². The van der Waals surface area contributed by atoms with Crippen LogP contribution in [-0.4, -0.2) is 42.3 Å². The van der Waals surface area contributed by atoms with Crippen LogP contribution in [0, 0.1) is 0 Å². The average molecular weight is 460 g/mol. The van der Waals surface area contributed by atoms with Crippen LogP contribution in [0.4, 0.5) is 0 Å². The molecule has 1 aliphatic rings. The van der Waals surface area contributed by atoms with Crippen LogP contribution in [0.3, 0.4) is 0 Å². The number of nitrogens with zero attached hydrogens (tertiary/aromatic N) is 3. The molecule has 1 saturated heterocycles. The molecule has 3 nitrogen and oxygen atoms in total. The van der Waals surface area contributed by atoms with Gasteiger partial charge in [0, 0.05) is 30.7 Å². The minimum atomic E-state index is 0.281. The molecular weight excluding hydrogens is 434 g/mol. The molecule has 1 aliphatic heterocycles. The highest BCUT2D eigenvalue weighted by molar-refractivity contribution is 9.12. The highest BCUT2D eigenvalue weighted by atomic mass is 79.9. The molecule has 4 heteroatoms. The lowest BCUT2D eigenvalue weighted by Crippen LogP contribution is -2.45. The van der Waals surface area contributed by atoms with Crippen LogP contribution in [0.1, 0.15) is 22.7 Å². The van der Waals surface area contributed by atoms with Gasteiger partial charge < -0.3 is 0 Å². The smallest absolute Gasteiger partial charge is 0.0612 e. The summed E-state index contributed by atoms with van der Waals surface area (Å²) >= 11 is 3.61. The van der Waals surface area contributed by atoms with Gasteiger partial charge in [-0.2, -0.15) is 5.10 Å². The van der Waals surface area contributed by atoms with Crippen LogP contribution in [-0.2, 0) is 0 Å². The Hall–Kier alpha value is -2.69. The minimum Gasteiger partial charge on any atom is -0.294 e. The van der Waals surface area contributed by atoms with Gasteiger partial charge in [-0.25, -0.2) is 0 Å². The van der Waals surface area contributed by atoms with E-state index < -0.39 is 0 Å². The zero-order valence-electron chi connectivity index (χ0n) is 16.9. The summed E-state index contributed by atoms with van der Waals surface area (Å²) in [4.78, 5) is 2.56. The van der Waals surface area contributed by atoms with Crippen LogP contribution in [0.2, 0.25) is 0 Å². The second kappa shape index (κ2) is 10.4. The first kappa shape index (κ1) is 20.6. The fourth-order valence-electron chi connectivity index (χ4n) is 3.85. The third-order valence-corrected chi connectivity index (χ3v) is 5.77. The number of rotatable bonds is 6. The number of benzene rings is 3. The van der Waals surface area contributed by atoms with Gasteiger partial charge in [0.15, 0.2) is 0 Å². The van der Waals surface area contributed by atoms with Crippen molar-refractivity contribution in [3.8, 4) is 0 Å². The average Bonchev–Trinajstić information content (AvgIpc) is 2.81. The molecule has 0 aromatic heterocycles. The van der Waals surface area contributed by atoms with Gasteiger partial charge in [0.2, 0.25) is 0 Å². The van der Waals surface area contributed by atoms with Gasteiger partial charge in [-0.15, -0.1) is 0 Å². The molecule has 0 atom stereocenters. The third kappa shape index (κ3) is 5.47. The Labute approximate surface area is 187 Å². The van der Waals surface area contributed by atoms with Gasteiger partial charge in [-0.1, -0.05) is 91.0 Å². The highest BCUT2D eigenvalue weighted by Gasteiger charge is 2.25. The number of allylic oxidation sites excluding steroid dienone is 1. The molecule has 0 saturated carbocycles. The molecule has 3 aromatic rings. The first-order valence-corrected chi connectivity index (χ1v) is 11.1. The van der Waals surface area contributed by atoms with Crippen LogP contribution in [0.15, 0.2) is 101 Å². The van der Waals surface area contributed by atoms with Gasteiger partial charge in [0.05, 0.1) is 12.3 Å². The SMILES string of the molecule is BrC(=C\c1ccccc1)/C=N/N1CCN(C(c2ccccc2)c2ccccc2)CC1. The van der Waals surface area contributed by atoms with Crippen molar-refractivity contribution in [2.75, 3.05) is 26.2 Å². The summed E-state index contributed by atoms with van der Waals surface area (Å²) in [5, 5.41) is 6.84. The largest absolute Gasteiger partial charge is 0.294 e. The molecule has 1 heterocycles. The van der Waals surface area contributed by atoms with Crippen LogP contribution < -0.4 is 0 Å². The summed E-state index contributed by atoms with van der Waals surface area (Å²) in [5.41, 5.74) is 3.84. The van der Waals surface area contributed by atoms with Crippen LogP contribution in [0.25, 0.3) is 6.08 Å². The molecule has 0 spiro atoms. The minimum absolute atomic E-state index is 0.281. The van der Waals surface area contributed by atoms with E-state index in [-0.39, 0.29) is 6.04 Å². The Bertz CT molecular complexity index is 923. The summed E-state index contributed by atoms with van der Waals surface area (Å²) in [6.45, 7) is 3.79. The molecule has 0 radical (unpaired) electrons. The standard InChI is InChI=1S/C26H26BrN3/c27-25(20-22-10-4-1-5-11-22)21-28-30-18-16-29(17-19-30)26(23-12-6-2-7-13-23)24-14-8-3-9-15-24/h1-15,20-21,26H,16-19H2/b25-20-,28-21+. The Morgan fingerprint density at radius 3 is 1.77 bits per heavy atom. The van der Waals surface area contributed by atoms with Crippen molar-refractivity contribution in [1.82, 2.24) is 9.91 Å². The van der Waals surface area contributed by atoms with Gasteiger partial charge in [0.25, 0.3) is 0 Å². The highest BCUT2D eigenvalue weighted by Crippen LogP contribution is 2.29. The van der Waals surface area contributed by atoms with Crippen LogP contribution in [0.5, 0.6) is 0 Å². The van der Waals surface area contributed by atoms with E-state index in [2.05, 4.69) is 110 Å². The number of hydrogen-bond donors (Lipinski definition) is 0. The summed E-state index contributed by atoms with van der Waals surface area (Å²) in [7, 11) is 0. The molecule has 1 fully saturated rings. The summed E-state index contributed by atoms with van der Waals surface area (Å²) in [6.07, 6.45) is 3.98. The number of hydrogen-bond acceptors (Lipinski definition) is 3. The molecule has 30 heavy (non-hydrogen) atoms. The molecule has 0 unspecified atom stereocenters. The summed E-state index contributed by atoms with van der Waals surface area (Å²) < 4.78 is 0.975. The maximum absolute atomic E-state index is 4.69. The Kier molecular flexibility index (Phi) is 7.11. The van der Waals surface area contributed by atoms with Crippen molar-refractivity contribution in [3.63, 3.8) is 0 Å². The molecule has 0 N–H and O–H groups in total. The van der Waals surface area contributed by atoms with Gasteiger partial charge in [0.1, 0.15) is 0 Å². The monoisotopic (exact) mass is 459 g/mol. The second-order valence-corrected chi connectivity index (χ2v) is 8.31. The molecule has 4 rings (SSSR count). The lowest BCUT2D eigenvalue weighted by atomic mass is 9.96. The van der Waals surface area contributed by atoms with E-state index in [4.69, 9.17) is 0 Å². The van der Waals surface area contributed by atoms with Crippen molar-refractivity contribution in [1.29, 1.82) is 0 Å². The maximum atomic E-state index is 4.69. The molecule has 0 aliphatic carbocycles. The zero-order valence-corrected chi connectivity index (χ0v) is 18.5. The van der Waals surface area contributed by atoms with Crippen LogP contribution >= 0.6 is 15.9 Å². The molecular formula is C26H26BrN3. The van der Waals surface area contributed by atoms with Crippen molar-refractivity contribution < 1.29 is 0 Å². The van der Waals surface area contributed by atoms with Crippen molar-refractivity contribution in [2.45, 2.75) is 6.04 Å². The van der Waals surface area contributed by atoms with E-state index in [1.54, 1.807) is 0 Å². The predicted octanol–water partition coefficient (Wildman–Crippen LogP) is 5.82. The van der Waals surface area contributed by atoms with Crippen molar-refractivity contribution in [2.24, 2.45) is 5.10 Å². The fourth-order valence-corrected chi connectivity index (χ4v) is 4.21.